The zero-order chi connectivity index (χ0) is 18.7. The molecule has 1 unspecified atom stereocenters. The van der Waals surface area contributed by atoms with Gasteiger partial charge in [0.25, 0.3) is 0 Å². The number of thioether (sulfide) groups is 1. The van der Waals surface area contributed by atoms with E-state index in [9.17, 15) is 9.59 Å². The van der Waals surface area contributed by atoms with Gasteiger partial charge in [0.15, 0.2) is 0 Å². The number of anilines is 2. The molecule has 2 aromatic rings. The molecular formula is C19H20N2O4S. The summed E-state index contributed by atoms with van der Waals surface area (Å²) in [5.74, 6) is 0.167. The third-order valence-electron chi connectivity index (χ3n) is 4.18. The number of nitrogens with two attached hydrogens (primary N) is 1. The van der Waals surface area contributed by atoms with Crippen LogP contribution in [0.15, 0.2) is 47.4 Å². The molecule has 0 fully saturated rings. The number of methoxy groups -OCH3 is 2. The van der Waals surface area contributed by atoms with Crippen molar-refractivity contribution in [1.82, 2.24) is 0 Å². The Bertz CT molecular complexity index is 823. The molecule has 0 spiro atoms. The number of benzene rings is 2. The predicted octanol–water partition coefficient (Wildman–Crippen LogP) is 2.50. The molecule has 1 amide bonds. The van der Waals surface area contributed by atoms with Crippen LogP contribution in [0.2, 0.25) is 0 Å². The molecule has 6 nitrogen and oxygen atoms in total. The Hall–Kier alpha value is -2.67. The van der Waals surface area contributed by atoms with Crippen LogP contribution in [0.5, 0.6) is 5.75 Å². The molecule has 0 saturated heterocycles. The minimum Gasteiger partial charge on any atom is -0.497 e. The van der Waals surface area contributed by atoms with E-state index in [2.05, 4.69) is 0 Å². The first-order chi connectivity index (χ1) is 12.5. The van der Waals surface area contributed by atoms with Crippen LogP contribution >= 0.6 is 11.8 Å². The lowest BCUT2D eigenvalue weighted by molar-refractivity contribution is -0.140. The molecule has 1 aliphatic rings. The van der Waals surface area contributed by atoms with E-state index in [0.29, 0.717) is 17.8 Å². The van der Waals surface area contributed by atoms with Crippen LogP contribution in [0, 0.1) is 0 Å². The van der Waals surface area contributed by atoms with Crippen LogP contribution in [0.1, 0.15) is 5.56 Å². The second-order valence-corrected chi connectivity index (χ2v) is 7.13. The summed E-state index contributed by atoms with van der Waals surface area (Å²) in [7, 11) is 2.92. The van der Waals surface area contributed by atoms with E-state index in [1.165, 1.54) is 23.8 Å². The average Bonchev–Trinajstić information content (AvgIpc) is 2.66. The van der Waals surface area contributed by atoms with E-state index >= 15 is 0 Å². The van der Waals surface area contributed by atoms with Crippen molar-refractivity contribution in [2.75, 3.05) is 31.4 Å². The number of nitrogens with zero attached hydrogens (tertiary/aromatic N) is 1. The lowest BCUT2D eigenvalue weighted by Gasteiger charge is -2.33. The molecule has 0 bridgehead atoms. The highest BCUT2D eigenvalue weighted by Crippen LogP contribution is 2.41. The van der Waals surface area contributed by atoms with Crippen molar-refractivity contribution in [3.63, 3.8) is 0 Å². The number of fused-ring (bicyclic) bond motifs is 1. The molecule has 0 aliphatic carbocycles. The lowest BCUT2D eigenvalue weighted by atomic mass is 10.1. The number of amides is 1. The molecular weight excluding hydrogens is 352 g/mol. The summed E-state index contributed by atoms with van der Waals surface area (Å²) in [6.07, 6.45) is 0.551. The summed E-state index contributed by atoms with van der Waals surface area (Å²) in [4.78, 5) is 27.2. The number of hydrogen-bond donors (Lipinski definition) is 1. The zero-order valence-electron chi connectivity index (χ0n) is 14.6. The third-order valence-corrected chi connectivity index (χ3v) is 5.43. The molecule has 3 rings (SSSR count). The average molecular weight is 372 g/mol. The highest BCUT2D eigenvalue weighted by Gasteiger charge is 2.35. The van der Waals surface area contributed by atoms with E-state index in [0.717, 1.165) is 16.2 Å². The number of esters is 1. The van der Waals surface area contributed by atoms with Gasteiger partial charge in [0.1, 0.15) is 12.3 Å². The molecule has 0 radical (unpaired) electrons. The van der Waals surface area contributed by atoms with Crippen molar-refractivity contribution in [2.45, 2.75) is 16.6 Å². The molecule has 1 heterocycles. The van der Waals surface area contributed by atoms with Crippen LogP contribution < -0.4 is 15.4 Å². The number of carbonyl (C=O) groups is 2. The molecule has 136 valence electrons. The fourth-order valence-electron chi connectivity index (χ4n) is 2.80. The minimum absolute atomic E-state index is 0.130. The summed E-state index contributed by atoms with van der Waals surface area (Å²) in [5, 5.41) is -0.329. The maximum Gasteiger partial charge on any atom is 0.325 e. The number of ether oxygens (including phenoxy) is 2. The van der Waals surface area contributed by atoms with Gasteiger partial charge < -0.3 is 15.2 Å². The molecule has 0 saturated carbocycles. The van der Waals surface area contributed by atoms with E-state index in [1.807, 2.05) is 30.3 Å². The monoisotopic (exact) mass is 372 g/mol. The van der Waals surface area contributed by atoms with Gasteiger partial charge in [0.05, 0.1) is 25.2 Å². The molecule has 26 heavy (non-hydrogen) atoms. The lowest BCUT2D eigenvalue weighted by Crippen LogP contribution is -2.44. The van der Waals surface area contributed by atoms with Crippen molar-refractivity contribution >= 4 is 35.0 Å². The minimum atomic E-state index is -0.471. The number of hydrogen-bond acceptors (Lipinski definition) is 6. The maximum absolute atomic E-state index is 13.0. The fourth-order valence-corrected chi connectivity index (χ4v) is 4.05. The Labute approximate surface area is 156 Å². The standard InChI is InChI=1S/C19H20N2O4S/c1-24-14-6-3-12(4-7-14)9-17-19(23)21(11-18(22)25-2)15-10-13(20)5-8-16(15)26-17/h3-8,10,17H,9,11,20H2,1-2H3. The van der Waals surface area contributed by atoms with Crippen LogP contribution in [-0.2, 0) is 20.7 Å². The summed E-state index contributed by atoms with van der Waals surface area (Å²) in [5.41, 5.74) is 8.08. The molecule has 7 heteroatoms. The summed E-state index contributed by atoms with van der Waals surface area (Å²) >= 11 is 1.49. The van der Waals surface area contributed by atoms with Crippen molar-refractivity contribution < 1.29 is 19.1 Å². The maximum atomic E-state index is 13.0. The predicted molar refractivity (Wildman–Crippen MR) is 102 cm³/mol. The van der Waals surface area contributed by atoms with Gasteiger partial charge >= 0.3 is 5.97 Å². The second kappa shape index (κ2) is 7.70. The largest absolute Gasteiger partial charge is 0.497 e. The van der Waals surface area contributed by atoms with Crippen molar-refractivity contribution in [2.24, 2.45) is 0 Å². The summed E-state index contributed by atoms with van der Waals surface area (Å²) in [6.45, 7) is -0.133. The van der Waals surface area contributed by atoms with Gasteiger partial charge in [-0.2, -0.15) is 0 Å². The SMILES string of the molecule is COC(=O)CN1C(=O)C(Cc2ccc(OC)cc2)Sc2ccc(N)cc21. The van der Waals surface area contributed by atoms with Crippen molar-refractivity contribution in [1.29, 1.82) is 0 Å². The summed E-state index contributed by atoms with van der Waals surface area (Å²) < 4.78 is 9.91. The van der Waals surface area contributed by atoms with E-state index < -0.39 is 5.97 Å². The molecule has 2 N–H and O–H groups in total. The quantitative estimate of drug-likeness (QED) is 0.641. The van der Waals surface area contributed by atoms with Gasteiger partial charge in [-0.3, -0.25) is 14.5 Å². The molecule has 1 atom stereocenters. The van der Waals surface area contributed by atoms with Gasteiger partial charge in [-0.25, -0.2) is 0 Å². The first-order valence-corrected chi connectivity index (χ1v) is 8.97. The van der Waals surface area contributed by atoms with Crippen LogP contribution in [0.3, 0.4) is 0 Å². The van der Waals surface area contributed by atoms with Gasteiger partial charge in [-0.1, -0.05) is 12.1 Å². The molecule has 1 aliphatic heterocycles. The summed E-state index contributed by atoms with van der Waals surface area (Å²) in [6, 6.07) is 13.0. The highest BCUT2D eigenvalue weighted by atomic mass is 32.2. The Kier molecular flexibility index (Phi) is 5.37. The first kappa shape index (κ1) is 18.1. The van der Waals surface area contributed by atoms with E-state index in [1.54, 1.807) is 19.2 Å². The van der Waals surface area contributed by atoms with E-state index in [4.69, 9.17) is 15.2 Å². The zero-order valence-corrected chi connectivity index (χ0v) is 15.4. The van der Waals surface area contributed by atoms with Gasteiger partial charge in [0.2, 0.25) is 5.91 Å². The van der Waals surface area contributed by atoms with E-state index in [-0.39, 0.29) is 17.7 Å². The number of carbonyl (C=O) groups excluding carboxylic acids is 2. The molecule has 0 aromatic heterocycles. The Morgan fingerprint density at radius 2 is 1.92 bits per heavy atom. The second-order valence-electron chi connectivity index (χ2n) is 5.89. The van der Waals surface area contributed by atoms with Gasteiger partial charge in [-0.15, -0.1) is 11.8 Å². The Morgan fingerprint density at radius 3 is 2.58 bits per heavy atom. The third kappa shape index (κ3) is 3.77. The fraction of sp³-hybridized carbons (Fsp3) is 0.263. The smallest absolute Gasteiger partial charge is 0.325 e. The molecule has 2 aromatic carbocycles. The van der Waals surface area contributed by atoms with Crippen LogP contribution in [0.25, 0.3) is 0 Å². The normalized spacial score (nSPS) is 16.2. The Balaban J connectivity index is 1.88. The highest BCUT2D eigenvalue weighted by molar-refractivity contribution is 8.01. The Morgan fingerprint density at radius 1 is 1.19 bits per heavy atom. The van der Waals surface area contributed by atoms with Crippen molar-refractivity contribution in [3.8, 4) is 5.75 Å². The van der Waals surface area contributed by atoms with Gasteiger partial charge in [-0.05, 0) is 42.3 Å². The van der Waals surface area contributed by atoms with Crippen LogP contribution in [-0.4, -0.2) is 37.9 Å². The number of nitrogen functional groups attached to an aromatic ring is 1. The topological polar surface area (TPSA) is 81.9 Å². The van der Waals surface area contributed by atoms with Gasteiger partial charge in [0, 0.05) is 10.6 Å². The first-order valence-electron chi connectivity index (χ1n) is 8.09. The van der Waals surface area contributed by atoms with Crippen LogP contribution in [0.4, 0.5) is 11.4 Å². The van der Waals surface area contributed by atoms with Crippen molar-refractivity contribution in [3.05, 3.63) is 48.0 Å². The number of rotatable bonds is 5.